The molecule has 1 rings (SSSR count). The predicted octanol–water partition coefficient (Wildman–Crippen LogP) is -0.603. The van der Waals surface area contributed by atoms with Crippen molar-refractivity contribution in [1.29, 1.82) is 0 Å². The summed E-state index contributed by atoms with van der Waals surface area (Å²) in [6, 6.07) is -0.882. The van der Waals surface area contributed by atoms with Crippen LogP contribution in [0.25, 0.3) is 0 Å². The number of nitrogens with one attached hydrogen (secondary N) is 2. The first kappa shape index (κ1) is 15.0. The van der Waals surface area contributed by atoms with Crippen LogP contribution >= 0.6 is 12.4 Å². The summed E-state index contributed by atoms with van der Waals surface area (Å²) in [5, 5.41) is 4.76. The van der Waals surface area contributed by atoms with Gasteiger partial charge < -0.3 is 11.1 Å². The molecule has 0 aromatic rings. The third kappa shape index (κ3) is 4.71. The van der Waals surface area contributed by atoms with Gasteiger partial charge in [-0.1, -0.05) is 0 Å². The Kier molecular flexibility index (Phi) is 5.60. The largest absolute Gasteiger partial charge is 0.370 e. The van der Waals surface area contributed by atoms with E-state index < -0.39 is 36.7 Å². The Bertz CT molecular complexity index is 276. The maximum absolute atomic E-state index is 12.7. The van der Waals surface area contributed by atoms with Crippen molar-refractivity contribution < 1.29 is 18.4 Å². The number of halogens is 3. The van der Waals surface area contributed by atoms with Crippen LogP contribution in [0.2, 0.25) is 0 Å². The molecule has 16 heavy (non-hydrogen) atoms. The topological polar surface area (TPSA) is 84.2 Å². The minimum atomic E-state index is -2.83. The van der Waals surface area contributed by atoms with Crippen molar-refractivity contribution in [2.24, 2.45) is 5.73 Å². The van der Waals surface area contributed by atoms with Crippen molar-refractivity contribution in [2.45, 2.75) is 24.8 Å². The van der Waals surface area contributed by atoms with Gasteiger partial charge in [-0.05, 0) is 0 Å². The van der Waals surface area contributed by atoms with E-state index in [1.54, 1.807) is 0 Å². The van der Waals surface area contributed by atoms with Gasteiger partial charge >= 0.3 is 0 Å². The SMILES string of the molecule is Cl.NC(=O)CCNC(=O)C1CC(F)(F)CN1. The lowest BCUT2D eigenvalue weighted by Crippen LogP contribution is -2.41. The third-order valence-corrected chi connectivity index (χ3v) is 2.10. The molecule has 0 bridgehead atoms. The lowest BCUT2D eigenvalue weighted by atomic mass is 10.2. The number of carbonyl (C=O) groups excluding carboxylic acids is 2. The molecule has 2 amide bonds. The van der Waals surface area contributed by atoms with Crippen molar-refractivity contribution in [3.05, 3.63) is 0 Å². The normalized spacial score (nSPS) is 22.2. The monoisotopic (exact) mass is 257 g/mol. The van der Waals surface area contributed by atoms with E-state index in [1.807, 2.05) is 0 Å². The van der Waals surface area contributed by atoms with Crippen molar-refractivity contribution in [2.75, 3.05) is 13.1 Å². The lowest BCUT2D eigenvalue weighted by molar-refractivity contribution is -0.123. The molecule has 0 aromatic carbocycles. The molecule has 0 saturated carbocycles. The summed E-state index contributed by atoms with van der Waals surface area (Å²) in [5.41, 5.74) is 4.85. The molecule has 5 nitrogen and oxygen atoms in total. The zero-order valence-corrected chi connectivity index (χ0v) is 9.28. The Morgan fingerprint density at radius 3 is 2.56 bits per heavy atom. The molecule has 1 fully saturated rings. The molecule has 1 aliphatic rings. The number of primary amides is 1. The van der Waals surface area contributed by atoms with Gasteiger partial charge in [-0.15, -0.1) is 12.4 Å². The summed E-state index contributed by atoms with van der Waals surface area (Å²) < 4.78 is 25.4. The van der Waals surface area contributed by atoms with Crippen LogP contribution in [0, 0.1) is 0 Å². The number of amides is 2. The van der Waals surface area contributed by atoms with E-state index in [0.29, 0.717) is 0 Å². The molecular weight excluding hydrogens is 244 g/mol. The van der Waals surface area contributed by atoms with E-state index >= 15 is 0 Å². The van der Waals surface area contributed by atoms with Gasteiger partial charge in [0, 0.05) is 19.4 Å². The van der Waals surface area contributed by atoms with Gasteiger partial charge in [0.05, 0.1) is 12.6 Å². The first-order chi connectivity index (χ1) is 6.91. The molecule has 0 aliphatic carbocycles. The summed E-state index contributed by atoms with van der Waals surface area (Å²) in [6.07, 6.45) is -0.496. The Morgan fingerprint density at radius 1 is 1.50 bits per heavy atom. The van der Waals surface area contributed by atoms with Crippen LogP contribution in [0.1, 0.15) is 12.8 Å². The molecule has 0 radical (unpaired) electrons. The van der Waals surface area contributed by atoms with Gasteiger partial charge in [0.15, 0.2) is 0 Å². The summed E-state index contributed by atoms with van der Waals surface area (Å²) in [7, 11) is 0. The van der Waals surface area contributed by atoms with E-state index in [0.717, 1.165) is 0 Å². The molecule has 0 spiro atoms. The fourth-order valence-electron chi connectivity index (χ4n) is 1.33. The Morgan fingerprint density at radius 2 is 2.12 bits per heavy atom. The molecule has 4 N–H and O–H groups in total. The molecule has 1 unspecified atom stereocenters. The van der Waals surface area contributed by atoms with Crippen LogP contribution in [-0.4, -0.2) is 36.9 Å². The lowest BCUT2D eigenvalue weighted by Gasteiger charge is -2.10. The number of nitrogens with two attached hydrogens (primary N) is 1. The molecule has 8 heteroatoms. The molecule has 1 heterocycles. The zero-order chi connectivity index (χ0) is 11.5. The van der Waals surface area contributed by atoms with Gasteiger partial charge in [-0.3, -0.25) is 14.9 Å². The first-order valence-electron chi connectivity index (χ1n) is 4.58. The van der Waals surface area contributed by atoms with Crippen LogP contribution in [0.3, 0.4) is 0 Å². The van der Waals surface area contributed by atoms with E-state index in [4.69, 9.17) is 5.73 Å². The van der Waals surface area contributed by atoms with Crippen molar-refractivity contribution in [1.82, 2.24) is 10.6 Å². The molecule has 1 aliphatic heterocycles. The van der Waals surface area contributed by atoms with Gasteiger partial charge in [0.25, 0.3) is 5.92 Å². The zero-order valence-electron chi connectivity index (χ0n) is 8.46. The second-order valence-corrected chi connectivity index (χ2v) is 3.50. The molecule has 94 valence electrons. The number of carbonyl (C=O) groups is 2. The average Bonchev–Trinajstić information content (AvgIpc) is 2.45. The van der Waals surface area contributed by atoms with Crippen molar-refractivity contribution in [3.8, 4) is 0 Å². The maximum atomic E-state index is 12.7. The van der Waals surface area contributed by atoms with E-state index in [2.05, 4.69) is 10.6 Å². The summed E-state index contributed by atoms with van der Waals surface area (Å²) in [5.74, 6) is -3.89. The Labute approximate surface area is 97.5 Å². The van der Waals surface area contributed by atoms with Crippen molar-refractivity contribution >= 4 is 24.2 Å². The second kappa shape index (κ2) is 5.95. The van der Waals surface area contributed by atoms with E-state index in [1.165, 1.54) is 0 Å². The average molecular weight is 258 g/mol. The fourth-order valence-corrected chi connectivity index (χ4v) is 1.33. The molecule has 1 atom stereocenters. The van der Waals surface area contributed by atoms with Gasteiger partial charge in [-0.25, -0.2) is 8.78 Å². The number of rotatable bonds is 4. The highest BCUT2D eigenvalue weighted by molar-refractivity contribution is 5.85. The minimum absolute atomic E-state index is 0. The van der Waals surface area contributed by atoms with Crippen LogP contribution < -0.4 is 16.4 Å². The van der Waals surface area contributed by atoms with Crippen LogP contribution in [0.15, 0.2) is 0 Å². The van der Waals surface area contributed by atoms with Crippen LogP contribution in [0.5, 0.6) is 0 Å². The standard InChI is InChI=1S/C8H13F2N3O2.ClH/c9-8(10)3-5(13-4-8)7(15)12-2-1-6(11)14;/h5,13H,1-4H2,(H2,11,14)(H,12,15);1H. The van der Waals surface area contributed by atoms with Gasteiger partial charge in [-0.2, -0.15) is 0 Å². The number of hydrogen-bond acceptors (Lipinski definition) is 3. The summed E-state index contributed by atoms with van der Waals surface area (Å²) in [6.45, 7) is -0.404. The minimum Gasteiger partial charge on any atom is -0.370 e. The highest BCUT2D eigenvalue weighted by Gasteiger charge is 2.42. The maximum Gasteiger partial charge on any atom is 0.262 e. The molecule has 0 aromatic heterocycles. The Balaban J connectivity index is 0.00000225. The predicted molar refractivity (Wildman–Crippen MR) is 55.4 cm³/mol. The van der Waals surface area contributed by atoms with E-state index in [9.17, 15) is 18.4 Å². The Hall–Kier alpha value is -0.950. The quantitative estimate of drug-likeness (QED) is 0.629. The molecular formula is C8H14ClF2N3O2. The van der Waals surface area contributed by atoms with E-state index in [-0.39, 0.29) is 25.4 Å². The van der Waals surface area contributed by atoms with Crippen molar-refractivity contribution in [3.63, 3.8) is 0 Å². The smallest absolute Gasteiger partial charge is 0.262 e. The van der Waals surface area contributed by atoms with Gasteiger partial charge in [0.1, 0.15) is 0 Å². The summed E-state index contributed by atoms with van der Waals surface area (Å²) in [4.78, 5) is 21.6. The number of hydrogen-bond donors (Lipinski definition) is 3. The van der Waals surface area contributed by atoms with Crippen LogP contribution in [-0.2, 0) is 9.59 Å². The highest BCUT2D eigenvalue weighted by atomic mass is 35.5. The molecule has 1 saturated heterocycles. The van der Waals surface area contributed by atoms with Crippen LogP contribution in [0.4, 0.5) is 8.78 Å². The number of alkyl halides is 2. The second-order valence-electron chi connectivity index (χ2n) is 3.50. The highest BCUT2D eigenvalue weighted by Crippen LogP contribution is 2.24. The fraction of sp³-hybridized carbons (Fsp3) is 0.750. The third-order valence-electron chi connectivity index (χ3n) is 2.10. The summed E-state index contributed by atoms with van der Waals surface area (Å²) >= 11 is 0. The van der Waals surface area contributed by atoms with Gasteiger partial charge in [0.2, 0.25) is 11.8 Å². The first-order valence-corrected chi connectivity index (χ1v) is 4.58.